The van der Waals surface area contributed by atoms with E-state index in [1.807, 2.05) is 0 Å². The lowest BCUT2D eigenvalue weighted by Gasteiger charge is -2.27. The molecule has 0 saturated heterocycles. The second kappa shape index (κ2) is 9.95. The van der Waals surface area contributed by atoms with Gasteiger partial charge in [0, 0.05) is 12.8 Å². The largest absolute Gasteiger partial charge is 0.461 e. The molecule has 4 heterocycles. The Balaban J connectivity index is 1.11. The van der Waals surface area contributed by atoms with Gasteiger partial charge < -0.3 is 19.5 Å². The molecule has 4 aromatic rings. The van der Waals surface area contributed by atoms with Gasteiger partial charge in [-0.05, 0) is 42.5 Å². The minimum Gasteiger partial charge on any atom is -0.461 e. The van der Waals surface area contributed by atoms with Crippen LogP contribution >= 0.6 is 0 Å². The number of H-pyrrole nitrogens is 2. The van der Waals surface area contributed by atoms with E-state index in [1.54, 1.807) is 36.8 Å². The van der Waals surface area contributed by atoms with Crippen LogP contribution in [0.4, 0.5) is 0 Å². The van der Waals surface area contributed by atoms with Gasteiger partial charge in [-0.15, -0.1) is 10.2 Å². The number of aromatic amines is 2. The van der Waals surface area contributed by atoms with Gasteiger partial charge in [-0.1, -0.05) is 12.8 Å². The molecule has 0 aromatic carbocycles. The first-order chi connectivity index (χ1) is 17.1. The Morgan fingerprint density at radius 1 is 0.829 bits per heavy atom. The van der Waals surface area contributed by atoms with Crippen LogP contribution in [0.15, 0.2) is 45.6 Å². The first-order valence-electron chi connectivity index (χ1n) is 11.5. The van der Waals surface area contributed by atoms with Crippen LogP contribution in [0.5, 0.6) is 0 Å². The number of aromatic nitrogens is 6. The Bertz CT molecular complexity index is 1160. The van der Waals surface area contributed by atoms with E-state index in [1.165, 1.54) is 0 Å². The summed E-state index contributed by atoms with van der Waals surface area (Å²) in [5, 5.41) is 19.6. The minimum absolute atomic E-state index is 0.117. The number of rotatable bonds is 10. The van der Waals surface area contributed by atoms with Crippen molar-refractivity contribution in [3.05, 3.63) is 48.4 Å². The zero-order chi connectivity index (χ0) is 24.1. The number of carbonyl (C=O) groups is 2. The second-order valence-corrected chi connectivity index (χ2v) is 8.78. The Kier molecular flexibility index (Phi) is 6.42. The van der Waals surface area contributed by atoms with Crippen LogP contribution in [-0.4, -0.2) is 42.2 Å². The maximum absolute atomic E-state index is 12.7. The van der Waals surface area contributed by atoms with Crippen molar-refractivity contribution < 1.29 is 18.4 Å². The lowest BCUT2D eigenvalue weighted by atomic mass is 9.79. The average molecular weight is 479 g/mol. The summed E-state index contributed by atoms with van der Waals surface area (Å²) in [6, 6.07) is 7.05. The van der Waals surface area contributed by atoms with Crippen molar-refractivity contribution in [2.75, 3.05) is 0 Å². The van der Waals surface area contributed by atoms with Gasteiger partial charge in [-0.25, -0.2) is 9.97 Å². The smallest absolute Gasteiger partial charge is 0.220 e. The van der Waals surface area contributed by atoms with E-state index in [0.717, 1.165) is 25.7 Å². The summed E-state index contributed by atoms with van der Waals surface area (Å²) in [7, 11) is 0. The molecule has 1 aliphatic carbocycles. The Morgan fingerprint density at radius 2 is 1.31 bits per heavy atom. The van der Waals surface area contributed by atoms with Crippen molar-refractivity contribution >= 4 is 11.8 Å². The monoisotopic (exact) mass is 478 g/mol. The van der Waals surface area contributed by atoms with Gasteiger partial charge in [-0.2, -0.15) is 0 Å². The first kappa shape index (κ1) is 22.6. The summed E-state index contributed by atoms with van der Waals surface area (Å²) in [5.74, 6) is 2.81. The summed E-state index contributed by atoms with van der Waals surface area (Å²) in [6.45, 7) is 0.441. The van der Waals surface area contributed by atoms with Crippen molar-refractivity contribution in [1.82, 2.24) is 41.0 Å². The molecule has 4 N–H and O–H groups in total. The van der Waals surface area contributed by atoms with Crippen LogP contribution in [-0.2, 0) is 22.7 Å². The minimum atomic E-state index is -0.352. The molecule has 5 rings (SSSR count). The lowest BCUT2D eigenvalue weighted by Crippen LogP contribution is -2.35. The van der Waals surface area contributed by atoms with Crippen LogP contribution in [0.25, 0.3) is 23.2 Å². The molecule has 0 unspecified atom stereocenters. The highest BCUT2D eigenvalue weighted by Crippen LogP contribution is 2.44. The summed E-state index contributed by atoms with van der Waals surface area (Å²) in [6.07, 6.45) is 7.35. The predicted molar refractivity (Wildman–Crippen MR) is 122 cm³/mol. The topological polar surface area (TPSA) is 168 Å². The molecule has 0 bridgehead atoms. The van der Waals surface area contributed by atoms with Crippen LogP contribution in [0.2, 0.25) is 0 Å². The van der Waals surface area contributed by atoms with Crippen molar-refractivity contribution in [2.24, 2.45) is 5.41 Å². The molecule has 35 heavy (non-hydrogen) atoms. The van der Waals surface area contributed by atoms with Gasteiger partial charge in [0.1, 0.15) is 11.6 Å². The first-order valence-corrected chi connectivity index (χ1v) is 11.5. The third-order valence-corrected chi connectivity index (χ3v) is 6.19. The molecular weight excluding hydrogens is 452 g/mol. The standard InChI is InChI=1S/C23H26N8O4/c32-19(24-13-17-26-21(30-28-17)15-5-3-9-34-15)11-23(7-1-2-8-23)12-20(33)25-14-18-27-22(31-29-18)16-6-4-10-35-16/h3-6,9-10H,1-2,7-8,11-14H2,(H,24,32)(H,25,33)(H,26,28,30)(H,27,29,31). The Hall–Kier alpha value is -4.22. The molecule has 1 fully saturated rings. The fourth-order valence-electron chi connectivity index (χ4n) is 4.49. The zero-order valence-electron chi connectivity index (χ0n) is 19.0. The summed E-state index contributed by atoms with van der Waals surface area (Å²) < 4.78 is 10.6. The molecule has 1 saturated carbocycles. The number of nitrogens with one attached hydrogen (secondary N) is 4. The summed E-state index contributed by atoms with van der Waals surface area (Å²) in [4.78, 5) is 34.1. The van der Waals surface area contributed by atoms with Crippen molar-refractivity contribution in [1.29, 1.82) is 0 Å². The van der Waals surface area contributed by atoms with E-state index in [9.17, 15) is 9.59 Å². The average Bonchev–Trinajstić information content (AvgIpc) is 3.67. The molecule has 12 nitrogen and oxygen atoms in total. The molecule has 12 heteroatoms. The number of nitrogens with zero attached hydrogens (tertiary/aromatic N) is 4. The Labute approximate surface area is 200 Å². The Morgan fingerprint density at radius 3 is 1.74 bits per heavy atom. The van der Waals surface area contributed by atoms with Crippen LogP contribution < -0.4 is 10.6 Å². The highest BCUT2D eigenvalue weighted by Gasteiger charge is 2.38. The van der Waals surface area contributed by atoms with Crippen molar-refractivity contribution in [3.63, 3.8) is 0 Å². The van der Waals surface area contributed by atoms with E-state index in [4.69, 9.17) is 8.83 Å². The van der Waals surface area contributed by atoms with Gasteiger partial charge in [0.15, 0.2) is 11.5 Å². The number of furan rings is 2. The lowest BCUT2D eigenvalue weighted by molar-refractivity contribution is -0.127. The molecule has 1 aliphatic rings. The third-order valence-electron chi connectivity index (χ3n) is 6.19. The summed E-state index contributed by atoms with van der Waals surface area (Å²) in [5.41, 5.74) is -0.352. The number of hydrogen-bond donors (Lipinski definition) is 4. The van der Waals surface area contributed by atoms with Crippen LogP contribution in [0.3, 0.4) is 0 Å². The van der Waals surface area contributed by atoms with Crippen LogP contribution in [0.1, 0.15) is 50.2 Å². The van der Waals surface area contributed by atoms with Gasteiger partial charge in [0.25, 0.3) is 0 Å². The van der Waals surface area contributed by atoms with Crippen molar-refractivity contribution in [3.8, 4) is 23.2 Å². The van der Waals surface area contributed by atoms with E-state index >= 15 is 0 Å². The van der Waals surface area contributed by atoms with Gasteiger partial charge >= 0.3 is 0 Å². The number of hydrogen-bond acceptors (Lipinski definition) is 8. The van der Waals surface area contributed by atoms with Gasteiger partial charge in [0.2, 0.25) is 23.5 Å². The number of carbonyl (C=O) groups excluding carboxylic acids is 2. The second-order valence-electron chi connectivity index (χ2n) is 8.78. The SMILES string of the molecule is O=C(CC1(CC(=O)NCc2nc(-c3ccco3)n[nH]2)CCCC1)NCc1nc(-c2ccco2)n[nH]1. The molecule has 0 atom stereocenters. The van der Waals surface area contributed by atoms with Crippen LogP contribution in [0, 0.1) is 5.41 Å². The quantitative estimate of drug-likeness (QED) is 0.270. The normalized spacial score (nSPS) is 14.7. The van der Waals surface area contributed by atoms with Gasteiger partial charge in [0.05, 0.1) is 25.6 Å². The maximum atomic E-state index is 12.7. The number of amides is 2. The fourth-order valence-corrected chi connectivity index (χ4v) is 4.49. The zero-order valence-corrected chi connectivity index (χ0v) is 19.0. The molecular formula is C23H26N8O4. The predicted octanol–water partition coefficient (Wildman–Crippen LogP) is 2.72. The molecule has 4 aromatic heterocycles. The maximum Gasteiger partial charge on any atom is 0.220 e. The summed E-state index contributed by atoms with van der Waals surface area (Å²) >= 11 is 0. The molecule has 182 valence electrons. The fraction of sp³-hybridized carbons (Fsp3) is 0.391. The van der Waals surface area contributed by atoms with Gasteiger partial charge in [-0.3, -0.25) is 19.8 Å². The van der Waals surface area contributed by atoms with E-state index in [-0.39, 0.29) is 43.2 Å². The van der Waals surface area contributed by atoms with E-state index in [0.29, 0.717) is 34.8 Å². The highest BCUT2D eigenvalue weighted by molar-refractivity contribution is 5.80. The van der Waals surface area contributed by atoms with Crippen molar-refractivity contribution in [2.45, 2.75) is 51.6 Å². The van der Waals surface area contributed by atoms with E-state index < -0.39 is 0 Å². The molecule has 0 spiro atoms. The highest BCUT2D eigenvalue weighted by atomic mass is 16.3. The molecule has 0 radical (unpaired) electrons. The van der Waals surface area contributed by atoms with E-state index in [2.05, 4.69) is 41.0 Å². The molecule has 0 aliphatic heterocycles. The molecule has 2 amide bonds. The third kappa shape index (κ3) is 5.48.